The molecule has 1 aromatic heterocycles. The van der Waals surface area contributed by atoms with Crippen molar-refractivity contribution in [3.8, 4) is 0 Å². The Labute approximate surface area is 98.4 Å². The van der Waals surface area contributed by atoms with Crippen LogP contribution >= 0.6 is 27.3 Å². The summed E-state index contributed by atoms with van der Waals surface area (Å²) in [5, 5.41) is 5.59. The Hall–Kier alpha value is -0.120. The number of thiophene rings is 1. The number of halogens is 1. The molecule has 78 valence electrons. The molecule has 1 N–H and O–H groups in total. The molecule has 1 nitrogen and oxygen atoms in total. The van der Waals surface area contributed by atoms with Gasteiger partial charge in [0.05, 0.1) is 6.04 Å². The lowest BCUT2D eigenvalue weighted by Crippen LogP contribution is -2.22. The van der Waals surface area contributed by atoms with Gasteiger partial charge in [0.1, 0.15) is 0 Å². The van der Waals surface area contributed by atoms with Crippen molar-refractivity contribution in [3.05, 3.63) is 32.9 Å². The van der Waals surface area contributed by atoms with Gasteiger partial charge in [-0.25, -0.2) is 0 Å². The molecule has 0 radical (unpaired) electrons. The average molecular weight is 274 g/mol. The van der Waals surface area contributed by atoms with Gasteiger partial charge < -0.3 is 5.32 Å². The highest BCUT2D eigenvalue weighted by molar-refractivity contribution is 9.10. The third-order valence-electron chi connectivity index (χ3n) is 2.00. The lowest BCUT2D eigenvalue weighted by molar-refractivity contribution is 0.597. The topological polar surface area (TPSA) is 12.0 Å². The monoisotopic (exact) mass is 273 g/mol. The predicted molar refractivity (Wildman–Crippen MR) is 67.9 cm³/mol. The molecule has 0 saturated carbocycles. The van der Waals surface area contributed by atoms with Gasteiger partial charge in [0.15, 0.2) is 0 Å². The lowest BCUT2D eigenvalue weighted by Gasteiger charge is -2.17. The Morgan fingerprint density at radius 3 is 2.86 bits per heavy atom. The van der Waals surface area contributed by atoms with Crippen molar-refractivity contribution in [2.24, 2.45) is 0 Å². The van der Waals surface area contributed by atoms with E-state index < -0.39 is 0 Å². The van der Waals surface area contributed by atoms with Crippen molar-refractivity contribution in [1.29, 1.82) is 0 Å². The molecule has 1 heterocycles. The predicted octanol–water partition coefficient (Wildman–Crippen LogP) is 4.13. The maximum absolute atomic E-state index is 4.03. The molecule has 0 aromatic carbocycles. The van der Waals surface area contributed by atoms with E-state index in [1.165, 1.54) is 14.9 Å². The highest BCUT2D eigenvalue weighted by Gasteiger charge is 2.15. The summed E-state index contributed by atoms with van der Waals surface area (Å²) in [5.74, 6) is 0. The summed E-state index contributed by atoms with van der Waals surface area (Å²) in [7, 11) is 0. The zero-order chi connectivity index (χ0) is 10.6. The van der Waals surface area contributed by atoms with Crippen molar-refractivity contribution < 1.29 is 0 Å². The van der Waals surface area contributed by atoms with Crippen LogP contribution in [0.2, 0.25) is 0 Å². The molecule has 0 aliphatic heterocycles. The van der Waals surface area contributed by atoms with Crippen molar-refractivity contribution in [2.75, 3.05) is 6.54 Å². The van der Waals surface area contributed by atoms with Crippen LogP contribution in [-0.4, -0.2) is 6.54 Å². The molecule has 0 fully saturated rings. The third kappa shape index (κ3) is 2.94. The van der Waals surface area contributed by atoms with Crippen LogP contribution in [0.4, 0.5) is 0 Å². The van der Waals surface area contributed by atoms with E-state index in [4.69, 9.17) is 0 Å². The summed E-state index contributed by atoms with van der Waals surface area (Å²) in [5.41, 5.74) is 1.17. The second-order valence-corrected chi connectivity index (χ2v) is 5.17. The Morgan fingerprint density at radius 1 is 1.71 bits per heavy atom. The van der Waals surface area contributed by atoms with E-state index in [-0.39, 0.29) is 0 Å². The summed E-state index contributed by atoms with van der Waals surface area (Å²) in [6.45, 7) is 9.30. The highest BCUT2D eigenvalue weighted by atomic mass is 79.9. The largest absolute Gasteiger partial charge is 0.306 e. The first-order chi connectivity index (χ1) is 6.66. The summed E-state index contributed by atoms with van der Waals surface area (Å²) < 4.78 is 1.18. The molecule has 1 rings (SSSR count). The molecule has 14 heavy (non-hydrogen) atoms. The van der Waals surface area contributed by atoms with Crippen LogP contribution in [0.3, 0.4) is 0 Å². The number of hydrogen-bond donors (Lipinski definition) is 1. The Balaban J connectivity index is 2.78. The molecule has 0 spiro atoms. The molecule has 1 unspecified atom stereocenters. The van der Waals surface area contributed by atoms with Crippen molar-refractivity contribution >= 4 is 27.3 Å². The quantitative estimate of drug-likeness (QED) is 0.796. The molecule has 0 aliphatic rings. The maximum Gasteiger partial charge on any atom is 0.0636 e. The molecule has 0 aliphatic carbocycles. The van der Waals surface area contributed by atoms with E-state index >= 15 is 0 Å². The Morgan fingerprint density at radius 2 is 2.43 bits per heavy atom. The zero-order valence-electron chi connectivity index (χ0n) is 8.64. The molecule has 3 heteroatoms. The van der Waals surface area contributed by atoms with Crippen LogP contribution in [0.25, 0.3) is 0 Å². The molecule has 0 saturated heterocycles. The van der Waals surface area contributed by atoms with Gasteiger partial charge in [-0.2, -0.15) is 0 Å². The highest BCUT2D eigenvalue weighted by Crippen LogP contribution is 2.32. The van der Waals surface area contributed by atoms with Crippen LogP contribution in [0, 0.1) is 0 Å². The normalized spacial score (nSPS) is 12.8. The van der Waals surface area contributed by atoms with Gasteiger partial charge in [-0.3, -0.25) is 0 Å². The number of rotatable bonds is 5. The van der Waals surface area contributed by atoms with Crippen LogP contribution in [0.1, 0.15) is 31.2 Å². The smallest absolute Gasteiger partial charge is 0.0636 e. The number of nitrogens with one attached hydrogen (secondary N) is 1. The SMILES string of the molecule is C=C(C)C(NCCC)c1sccc1Br. The average Bonchev–Trinajstić information content (AvgIpc) is 2.52. The second-order valence-electron chi connectivity index (χ2n) is 3.37. The second kappa shape index (κ2) is 5.69. The fourth-order valence-electron chi connectivity index (χ4n) is 1.29. The summed E-state index contributed by atoms with van der Waals surface area (Å²) in [6.07, 6.45) is 1.15. The summed E-state index contributed by atoms with van der Waals surface area (Å²) in [6, 6.07) is 2.38. The van der Waals surface area contributed by atoms with Crippen LogP contribution < -0.4 is 5.32 Å². The molecule has 1 aromatic rings. The molecule has 0 bridgehead atoms. The van der Waals surface area contributed by atoms with Gasteiger partial charge in [-0.1, -0.05) is 19.1 Å². The van der Waals surface area contributed by atoms with Crippen LogP contribution in [0.5, 0.6) is 0 Å². The minimum atomic E-state index is 0.296. The van der Waals surface area contributed by atoms with E-state index in [0.717, 1.165) is 13.0 Å². The van der Waals surface area contributed by atoms with E-state index in [9.17, 15) is 0 Å². The first kappa shape index (κ1) is 12.0. The molecular formula is C11H16BrNS. The van der Waals surface area contributed by atoms with Crippen molar-refractivity contribution in [1.82, 2.24) is 5.32 Å². The van der Waals surface area contributed by atoms with Crippen LogP contribution in [-0.2, 0) is 0 Å². The maximum atomic E-state index is 4.03. The Kier molecular flexibility index (Phi) is 4.85. The standard InChI is InChI=1S/C11H16BrNS/c1-4-6-13-10(8(2)3)11-9(12)5-7-14-11/h5,7,10,13H,2,4,6H2,1,3H3. The summed E-state index contributed by atoms with van der Waals surface area (Å²) in [4.78, 5) is 1.32. The lowest BCUT2D eigenvalue weighted by atomic mass is 10.1. The van der Waals surface area contributed by atoms with Crippen molar-refractivity contribution in [3.63, 3.8) is 0 Å². The fraction of sp³-hybridized carbons (Fsp3) is 0.455. The van der Waals surface area contributed by atoms with E-state index in [0.29, 0.717) is 6.04 Å². The minimum Gasteiger partial charge on any atom is -0.306 e. The van der Waals surface area contributed by atoms with Crippen LogP contribution in [0.15, 0.2) is 28.1 Å². The zero-order valence-corrected chi connectivity index (χ0v) is 11.0. The van der Waals surface area contributed by atoms with E-state index in [2.05, 4.69) is 53.1 Å². The first-order valence-electron chi connectivity index (χ1n) is 4.78. The van der Waals surface area contributed by atoms with E-state index in [1.807, 2.05) is 0 Å². The van der Waals surface area contributed by atoms with Gasteiger partial charge >= 0.3 is 0 Å². The third-order valence-corrected chi connectivity index (χ3v) is 3.93. The van der Waals surface area contributed by atoms with Crippen molar-refractivity contribution in [2.45, 2.75) is 26.3 Å². The van der Waals surface area contributed by atoms with Gasteiger partial charge in [0, 0.05) is 9.35 Å². The fourth-order valence-corrected chi connectivity index (χ4v) is 3.06. The first-order valence-corrected chi connectivity index (χ1v) is 6.45. The Bertz CT molecular complexity index is 306. The number of hydrogen-bond acceptors (Lipinski definition) is 2. The molecule has 0 amide bonds. The van der Waals surface area contributed by atoms with Gasteiger partial charge in [-0.15, -0.1) is 11.3 Å². The molecular weight excluding hydrogens is 258 g/mol. The van der Waals surface area contributed by atoms with Gasteiger partial charge in [0.2, 0.25) is 0 Å². The van der Waals surface area contributed by atoms with Gasteiger partial charge in [0.25, 0.3) is 0 Å². The summed E-state index contributed by atoms with van der Waals surface area (Å²) >= 11 is 5.32. The minimum absolute atomic E-state index is 0.296. The molecule has 1 atom stereocenters. The van der Waals surface area contributed by atoms with Gasteiger partial charge in [-0.05, 0) is 47.3 Å². The van der Waals surface area contributed by atoms with E-state index in [1.54, 1.807) is 11.3 Å².